The van der Waals surface area contributed by atoms with Crippen LogP contribution in [0.2, 0.25) is 5.02 Å². The minimum Gasteiger partial charge on any atom is -0.267 e. The second-order valence-electron chi connectivity index (χ2n) is 3.26. The van der Waals surface area contributed by atoms with Gasteiger partial charge in [0.15, 0.2) is 0 Å². The molecule has 0 spiro atoms. The molecular formula is C10H6ClN3OS. The molecule has 0 saturated carbocycles. The van der Waals surface area contributed by atoms with E-state index in [4.69, 9.17) is 16.9 Å². The number of pyridine rings is 2. The van der Waals surface area contributed by atoms with Crippen molar-refractivity contribution in [1.82, 2.24) is 8.96 Å². The summed E-state index contributed by atoms with van der Waals surface area (Å²) in [5.41, 5.74) is 0.608. The normalized spacial score (nSPS) is 10.4. The third kappa shape index (κ3) is 1.47. The molecule has 4 nitrogen and oxygen atoms in total. The average molecular weight is 252 g/mol. The summed E-state index contributed by atoms with van der Waals surface area (Å²) in [4.78, 5) is 15.7. The highest BCUT2D eigenvalue weighted by molar-refractivity contribution is 7.78. The molecule has 0 aromatic carbocycles. The lowest BCUT2D eigenvalue weighted by Crippen LogP contribution is -2.17. The Morgan fingerprint density at radius 1 is 1.62 bits per heavy atom. The lowest BCUT2D eigenvalue weighted by Gasteiger charge is -2.06. The van der Waals surface area contributed by atoms with Crippen molar-refractivity contribution < 1.29 is 0 Å². The predicted octanol–water partition coefficient (Wildman–Crippen LogP) is 1.92. The molecule has 0 aliphatic heterocycles. The fourth-order valence-electron chi connectivity index (χ4n) is 1.44. The van der Waals surface area contributed by atoms with E-state index in [0.717, 1.165) is 9.67 Å². The van der Waals surface area contributed by atoms with Crippen LogP contribution in [0.1, 0.15) is 11.3 Å². The number of fused-ring (bicyclic) bond motifs is 1. The molecule has 0 amide bonds. The number of rotatable bonds is 0. The molecule has 2 heterocycles. The van der Waals surface area contributed by atoms with Crippen molar-refractivity contribution in [3.05, 3.63) is 38.9 Å². The first-order valence-electron chi connectivity index (χ1n) is 4.36. The van der Waals surface area contributed by atoms with E-state index in [1.54, 1.807) is 19.1 Å². The maximum Gasteiger partial charge on any atom is 0.280 e. The standard InChI is InChI=1S/C10H6ClN3OS/c1-5-2-6-8(4-13-5)14(16)10(15)7(3-12)9(6)11/h2,4,16H,1H3. The van der Waals surface area contributed by atoms with Crippen LogP contribution in [0, 0.1) is 18.3 Å². The first-order valence-corrected chi connectivity index (χ1v) is 5.14. The van der Waals surface area contributed by atoms with Crippen LogP contribution in [0.4, 0.5) is 0 Å². The smallest absolute Gasteiger partial charge is 0.267 e. The first-order chi connectivity index (χ1) is 7.56. The van der Waals surface area contributed by atoms with Gasteiger partial charge >= 0.3 is 0 Å². The summed E-state index contributed by atoms with van der Waals surface area (Å²) in [5, 5.41) is 9.60. The molecule has 2 aromatic rings. The Hall–Kier alpha value is -1.51. The van der Waals surface area contributed by atoms with Gasteiger partial charge in [0.25, 0.3) is 5.56 Å². The van der Waals surface area contributed by atoms with E-state index < -0.39 is 5.56 Å². The number of aromatic nitrogens is 2. The zero-order valence-electron chi connectivity index (χ0n) is 8.23. The summed E-state index contributed by atoms with van der Waals surface area (Å²) in [6.07, 6.45) is 1.51. The summed E-state index contributed by atoms with van der Waals surface area (Å²) < 4.78 is 1.08. The molecule has 2 aromatic heterocycles. The van der Waals surface area contributed by atoms with Crippen molar-refractivity contribution in [2.75, 3.05) is 0 Å². The van der Waals surface area contributed by atoms with Gasteiger partial charge in [0.1, 0.15) is 11.6 Å². The van der Waals surface area contributed by atoms with Crippen LogP contribution < -0.4 is 5.56 Å². The molecule has 16 heavy (non-hydrogen) atoms. The molecule has 2 rings (SSSR count). The Labute approximate surface area is 102 Å². The van der Waals surface area contributed by atoms with E-state index in [1.807, 2.05) is 0 Å². The zero-order valence-corrected chi connectivity index (χ0v) is 9.88. The molecule has 0 N–H and O–H groups in total. The van der Waals surface area contributed by atoms with Gasteiger partial charge in [-0.25, -0.2) is 0 Å². The first kappa shape index (κ1) is 11.0. The maximum absolute atomic E-state index is 11.7. The Morgan fingerprint density at radius 2 is 2.31 bits per heavy atom. The van der Waals surface area contributed by atoms with Crippen molar-refractivity contribution in [3.8, 4) is 6.07 Å². The van der Waals surface area contributed by atoms with Crippen molar-refractivity contribution in [1.29, 1.82) is 5.26 Å². The van der Waals surface area contributed by atoms with Crippen molar-refractivity contribution in [3.63, 3.8) is 0 Å². The highest BCUT2D eigenvalue weighted by atomic mass is 35.5. The maximum atomic E-state index is 11.7. The summed E-state index contributed by atoms with van der Waals surface area (Å²) >= 11 is 10.0. The van der Waals surface area contributed by atoms with Crippen molar-refractivity contribution >= 4 is 35.3 Å². The van der Waals surface area contributed by atoms with Gasteiger partial charge in [-0.1, -0.05) is 24.4 Å². The van der Waals surface area contributed by atoms with Gasteiger partial charge in [-0.15, -0.1) is 0 Å². The highest BCUT2D eigenvalue weighted by Gasteiger charge is 2.14. The molecule has 80 valence electrons. The molecule has 0 bridgehead atoms. The van der Waals surface area contributed by atoms with E-state index in [-0.39, 0.29) is 10.6 Å². The molecule has 0 aliphatic rings. The number of hydrogen-bond donors (Lipinski definition) is 1. The molecule has 0 aliphatic carbocycles. The third-order valence-corrected chi connectivity index (χ3v) is 3.01. The fraction of sp³-hybridized carbons (Fsp3) is 0.100. The van der Waals surface area contributed by atoms with Crippen LogP contribution in [0.5, 0.6) is 0 Å². The van der Waals surface area contributed by atoms with Gasteiger partial charge in [0.2, 0.25) is 0 Å². The number of halogens is 1. The summed E-state index contributed by atoms with van der Waals surface area (Å²) in [7, 11) is 0. The van der Waals surface area contributed by atoms with Crippen LogP contribution in [0.3, 0.4) is 0 Å². The number of nitrogens with zero attached hydrogens (tertiary/aromatic N) is 3. The van der Waals surface area contributed by atoms with E-state index in [0.29, 0.717) is 10.9 Å². The number of aryl methyl sites for hydroxylation is 1. The van der Waals surface area contributed by atoms with Gasteiger partial charge in [-0.05, 0) is 13.0 Å². The number of hydrogen-bond acceptors (Lipinski definition) is 4. The Bertz CT molecular complexity index is 687. The number of thiol groups is 1. The van der Waals surface area contributed by atoms with Crippen LogP contribution in [0.15, 0.2) is 17.1 Å². The lowest BCUT2D eigenvalue weighted by molar-refractivity contribution is 1.16. The average Bonchev–Trinajstić information content (AvgIpc) is 2.27. The van der Waals surface area contributed by atoms with Crippen molar-refractivity contribution in [2.24, 2.45) is 0 Å². The molecule has 0 atom stereocenters. The third-order valence-electron chi connectivity index (χ3n) is 2.22. The Kier molecular flexibility index (Phi) is 2.62. The van der Waals surface area contributed by atoms with Gasteiger partial charge < -0.3 is 0 Å². The number of nitriles is 1. The van der Waals surface area contributed by atoms with Crippen LogP contribution >= 0.6 is 24.4 Å². The van der Waals surface area contributed by atoms with Gasteiger partial charge in [-0.2, -0.15) is 5.26 Å². The van der Waals surface area contributed by atoms with Crippen LogP contribution in [0.25, 0.3) is 10.9 Å². The highest BCUT2D eigenvalue weighted by Crippen LogP contribution is 2.24. The second-order valence-corrected chi connectivity index (χ2v) is 4.04. The molecule has 0 saturated heterocycles. The zero-order chi connectivity index (χ0) is 11.9. The van der Waals surface area contributed by atoms with E-state index in [2.05, 4.69) is 17.8 Å². The fourth-order valence-corrected chi connectivity index (χ4v) is 1.97. The summed E-state index contributed by atoms with van der Waals surface area (Å²) in [5.74, 6) is 0. The van der Waals surface area contributed by atoms with Gasteiger partial charge in [0, 0.05) is 11.1 Å². The Morgan fingerprint density at radius 3 is 2.94 bits per heavy atom. The Balaban J connectivity index is 3.10. The minimum atomic E-state index is -0.533. The van der Waals surface area contributed by atoms with Gasteiger partial charge in [-0.3, -0.25) is 13.8 Å². The summed E-state index contributed by atoms with van der Waals surface area (Å²) in [6.45, 7) is 1.80. The van der Waals surface area contributed by atoms with Crippen molar-refractivity contribution in [2.45, 2.75) is 6.92 Å². The van der Waals surface area contributed by atoms with E-state index in [9.17, 15) is 4.79 Å². The van der Waals surface area contributed by atoms with Crippen LogP contribution in [-0.4, -0.2) is 8.96 Å². The lowest BCUT2D eigenvalue weighted by atomic mass is 10.2. The largest absolute Gasteiger partial charge is 0.280 e. The second kappa shape index (κ2) is 3.81. The molecule has 0 radical (unpaired) electrons. The van der Waals surface area contributed by atoms with E-state index >= 15 is 0 Å². The topological polar surface area (TPSA) is 58.7 Å². The molecule has 0 unspecified atom stereocenters. The predicted molar refractivity (Wildman–Crippen MR) is 64.8 cm³/mol. The molecule has 6 heteroatoms. The minimum absolute atomic E-state index is 0.102. The molecule has 0 fully saturated rings. The SMILES string of the molecule is Cc1cc2c(Cl)c(C#N)c(=O)n(S)c2cn1. The van der Waals surface area contributed by atoms with Crippen LogP contribution in [-0.2, 0) is 0 Å². The summed E-state index contributed by atoms with van der Waals surface area (Å²) in [6, 6.07) is 3.49. The van der Waals surface area contributed by atoms with E-state index in [1.165, 1.54) is 6.20 Å². The van der Waals surface area contributed by atoms with Gasteiger partial charge in [0.05, 0.1) is 16.7 Å². The molecular weight excluding hydrogens is 246 g/mol. The quantitative estimate of drug-likeness (QED) is 0.728. The monoisotopic (exact) mass is 251 g/mol.